The van der Waals surface area contributed by atoms with Crippen LogP contribution in [0.1, 0.15) is 12.5 Å². The highest BCUT2D eigenvalue weighted by atomic mass is 32.2. The van der Waals surface area contributed by atoms with Crippen molar-refractivity contribution in [3.63, 3.8) is 0 Å². The van der Waals surface area contributed by atoms with E-state index in [0.717, 1.165) is 4.31 Å². The molecule has 0 spiro atoms. The third-order valence-corrected chi connectivity index (χ3v) is 5.86. The average Bonchev–Trinajstić information content (AvgIpc) is 2.70. The molecule has 0 unspecified atom stereocenters. The number of carbonyl (C=O) groups excluding carboxylic acids is 1. The van der Waals surface area contributed by atoms with Gasteiger partial charge in [-0.15, -0.1) is 0 Å². The van der Waals surface area contributed by atoms with Gasteiger partial charge in [-0.1, -0.05) is 6.07 Å². The number of hydrogen-bond donors (Lipinski definition) is 0. The van der Waals surface area contributed by atoms with Gasteiger partial charge < -0.3 is 14.4 Å². The number of pyridine rings is 1. The van der Waals surface area contributed by atoms with Gasteiger partial charge in [-0.3, -0.25) is 9.78 Å². The number of alkyl halides is 2. The van der Waals surface area contributed by atoms with Crippen LogP contribution in [0.15, 0.2) is 47.6 Å². The number of aromatic nitrogens is 1. The normalized spacial score (nSPS) is 11.6. The molecule has 0 aliphatic rings. The molecule has 2 aromatic rings. The molecule has 0 atom stereocenters. The summed E-state index contributed by atoms with van der Waals surface area (Å²) < 4.78 is 60.7. The van der Waals surface area contributed by atoms with Crippen molar-refractivity contribution in [2.75, 3.05) is 27.2 Å². The number of amides is 1. The number of benzene rings is 1. The van der Waals surface area contributed by atoms with Crippen LogP contribution in [0, 0.1) is 0 Å². The first-order chi connectivity index (χ1) is 14.1. The zero-order valence-corrected chi connectivity index (χ0v) is 17.6. The molecule has 30 heavy (non-hydrogen) atoms. The molecule has 1 amide bonds. The summed E-state index contributed by atoms with van der Waals surface area (Å²) in [6, 6.07) is 7.25. The van der Waals surface area contributed by atoms with Crippen LogP contribution in [0.3, 0.4) is 0 Å². The van der Waals surface area contributed by atoms with E-state index in [0.29, 0.717) is 5.56 Å². The molecular weight excluding hydrogens is 420 g/mol. The largest absolute Gasteiger partial charge is 0.490 e. The molecule has 2 rings (SSSR count). The summed E-state index contributed by atoms with van der Waals surface area (Å²) in [5, 5.41) is 0. The number of carbonyl (C=O) groups is 1. The predicted molar refractivity (Wildman–Crippen MR) is 105 cm³/mol. The van der Waals surface area contributed by atoms with Crippen molar-refractivity contribution in [3.8, 4) is 11.5 Å². The van der Waals surface area contributed by atoms with Crippen LogP contribution in [0.2, 0.25) is 0 Å². The summed E-state index contributed by atoms with van der Waals surface area (Å²) in [5.41, 5.74) is 0.605. The maximum Gasteiger partial charge on any atom is 0.387 e. The van der Waals surface area contributed by atoms with Gasteiger partial charge in [0.25, 0.3) is 0 Å². The van der Waals surface area contributed by atoms with Crippen LogP contribution in [-0.4, -0.2) is 62.4 Å². The second-order valence-electron chi connectivity index (χ2n) is 6.29. The van der Waals surface area contributed by atoms with Crippen molar-refractivity contribution in [2.45, 2.75) is 25.0 Å². The fourth-order valence-corrected chi connectivity index (χ4v) is 3.64. The Labute approximate surface area is 174 Å². The average molecular weight is 443 g/mol. The second-order valence-corrected chi connectivity index (χ2v) is 8.34. The minimum atomic E-state index is -3.86. The number of ether oxygens (including phenoxy) is 2. The van der Waals surface area contributed by atoms with E-state index in [4.69, 9.17) is 4.74 Å². The molecule has 1 heterocycles. The lowest BCUT2D eigenvalue weighted by Gasteiger charge is -2.22. The highest BCUT2D eigenvalue weighted by Gasteiger charge is 2.24. The number of hydrogen-bond acceptors (Lipinski definition) is 6. The molecule has 0 N–H and O–H groups in total. The van der Waals surface area contributed by atoms with Gasteiger partial charge in [0.15, 0.2) is 11.5 Å². The van der Waals surface area contributed by atoms with Gasteiger partial charge >= 0.3 is 6.61 Å². The van der Waals surface area contributed by atoms with Gasteiger partial charge in [-0.2, -0.15) is 13.1 Å². The Morgan fingerprint density at radius 3 is 2.53 bits per heavy atom. The van der Waals surface area contributed by atoms with Gasteiger partial charge in [0.1, 0.15) is 4.90 Å². The van der Waals surface area contributed by atoms with E-state index in [9.17, 15) is 22.0 Å². The van der Waals surface area contributed by atoms with Crippen molar-refractivity contribution in [1.82, 2.24) is 14.2 Å². The van der Waals surface area contributed by atoms with Crippen molar-refractivity contribution in [3.05, 3.63) is 48.3 Å². The van der Waals surface area contributed by atoms with Crippen LogP contribution in [0.4, 0.5) is 8.78 Å². The molecule has 0 aliphatic heterocycles. The maximum absolute atomic E-state index is 12.5. The Hall–Kier alpha value is -2.79. The summed E-state index contributed by atoms with van der Waals surface area (Å²) >= 11 is 0. The van der Waals surface area contributed by atoms with Gasteiger partial charge in [0, 0.05) is 33.0 Å². The first kappa shape index (κ1) is 23.5. The number of likely N-dealkylation sites (N-methyl/N-ethyl adjacent to an activating group) is 2. The minimum absolute atomic E-state index is 0.0149. The molecule has 0 radical (unpaired) electrons. The van der Waals surface area contributed by atoms with Crippen LogP contribution < -0.4 is 9.47 Å². The zero-order valence-electron chi connectivity index (χ0n) is 16.8. The number of nitrogens with zero attached hydrogens (tertiary/aromatic N) is 3. The standard InChI is InChI=1S/C19H23F2N3O5S/c1-4-28-17-10-14(7-8-16(17)29-19(20)21)12-23(2)18(25)13-24(3)30(26,27)15-6-5-9-22-11-15/h5-11,19H,4,12-13H2,1-3H3. The Bertz CT molecular complexity index is 958. The molecule has 11 heteroatoms. The second kappa shape index (κ2) is 10.3. The lowest BCUT2D eigenvalue weighted by Crippen LogP contribution is -2.39. The molecule has 164 valence electrons. The number of halogens is 2. The zero-order chi connectivity index (χ0) is 22.3. The van der Waals surface area contributed by atoms with Gasteiger partial charge in [0.2, 0.25) is 15.9 Å². The van der Waals surface area contributed by atoms with Crippen molar-refractivity contribution >= 4 is 15.9 Å². The van der Waals surface area contributed by atoms with Gasteiger partial charge in [-0.25, -0.2) is 8.42 Å². The minimum Gasteiger partial charge on any atom is -0.490 e. The van der Waals surface area contributed by atoms with E-state index in [1.165, 1.54) is 61.7 Å². The molecule has 0 bridgehead atoms. The third-order valence-electron chi connectivity index (χ3n) is 4.07. The van der Waals surface area contributed by atoms with Crippen LogP contribution in [-0.2, 0) is 21.4 Å². The van der Waals surface area contributed by atoms with E-state index in [1.54, 1.807) is 6.92 Å². The Balaban J connectivity index is 2.07. The summed E-state index contributed by atoms with van der Waals surface area (Å²) in [6.07, 6.45) is 2.66. The summed E-state index contributed by atoms with van der Waals surface area (Å²) in [6.45, 7) is -1.30. The molecule has 0 saturated heterocycles. The molecule has 0 aliphatic carbocycles. The smallest absolute Gasteiger partial charge is 0.387 e. The fourth-order valence-electron chi connectivity index (χ4n) is 2.55. The van der Waals surface area contributed by atoms with Crippen molar-refractivity contribution < 1.29 is 31.5 Å². The summed E-state index contributed by atoms with van der Waals surface area (Å²) in [4.78, 5) is 17.6. The van der Waals surface area contributed by atoms with E-state index < -0.39 is 22.5 Å². The van der Waals surface area contributed by atoms with Crippen LogP contribution >= 0.6 is 0 Å². The molecule has 8 nitrogen and oxygen atoms in total. The molecular formula is C19H23F2N3O5S. The predicted octanol–water partition coefficient (Wildman–Crippen LogP) is 2.36. The van der Waals surface area contributed by atoms with Gasteiger partial charge in [-0.05, 0) is 36.8 Å². The fraction of sp³-hybridized carbons (Fsp3) is 0.368. The maximum atomic E-state index is 12.5. The van der Waals surface area contributed by atoms with Crippen LogP contribution in [0.5, 0.6) is 11.5 Å². The van der Waals surface area contributed by atoms with E-state index >= 15 is 0 Å². The highest BCUT2D eigenvalue weighted by Crippen LogP contribution is 2.30. The first-order valence-corrected chi connectivity index (χ1v) is 10.4. The number of rotatable bonds is 10. The van der Waals surface area contributed by atoms with E-state index in [-0.39, 0.29) is 36.1 Å². The van der Waals surface area contributed by atoms with Crippen LogP contribution in [0.25, 0.3) is 0 Å². The monoisotopic (exact) mass is 443 g/mol. The Morgan fingerprint density at radius 2 is 1.93 bits per heavy atom. The SMILES string of the molecule is CCOc1cc(CN(C)C(=O)CN(C)S(=O)(=O)c2cccnc2)ccc1OC(F)F. The summed E-state index contributed by atoms with van der Waals surface area (Å²) in [7, 11) is -1.04. The van der Waals surface area contributed by atoms with Gasteiger partial charge in [0.05, 0.1) is 13.2 Å². The topological polar surface area (TPSA) is 89.0 Å². The Kier molecular flexibility index (Phi) is 8.07. The third kappa shape index (κ3) is 6.10. The highest BCUT2D eigenvalue weighted by molar-refractivity contribution is 7.89. The molecule has 0 saturated carbocycles. The van der Waals surface area contributed by atoms with Crippen molar-refractivity contribution in [1.29, 1.82) is 0 Å². The molecule has 0 fully saturated rings. The van der Waals surface area contributed by atoms with Crippen molar-refractivity contribution in [2.24, 2.45) is 0 Å². The van der Waals surface area contributed by atoms with E-state index in [1.807, 2.05) is 0 Å². The molecule has 1 aromatic carbocycles. The summed E-state index contributed by atoms with van der Waals surface area (Å²) in [5.74, 6) is -0.421. The lowest BCUT2D eigenvalue weighted by molar-refractivity contribution is -0.130. The quantitative estimate of drug-likeness (QED) is 0.560. The van der Waals surface area contributed by atoms with E-state index in [2.05, 4.69) is 9.72 Å². The first-order valence-electron chi connectivity index (χ1n) is 8.96. The Morgan fingerprint density at radius 1 is 1.20 bits per heavy atom. The molecule has 1 aromatic heterocycles. The lowest BCUT2D eigenvalue weighted by atomic mass is 10.2. The number of sulfonamides is 1.